The van der Waals surface area contributed by atoms with Crippen molar-refractivity contribution in [2.75, 3.05) is 23.8 Å². The van der Waals surface area contributed by atoms with Crippen LogP contribution in [0.3, 0.4) is 0 Å². The van der Waals surface area contributed by atoms with E-state index in [2.05, 4.69) is 26.0 Å². The molecule has 1 aromatic rings. The number of carbonyl (C=O) groups is 1. The monoisotopic (exact) mass is 252 g/mol. The van der Waals surface area contributed by atoms with E-state index in [-0.39, 0.29) is 5.91 Å². The van der Waals surface area contributed by atoms with E-state index in [9.17, 15) is 4.79 Å². The number of carbonyl (C=O) groups excluding carboxylic acids is 1. The van der Waals surface area contributed by atoms with Crippen LogP contribution in [0.5, 0.6) is 0 Å². The summed E-state index contributed by atoms with van der Waals surface area (Å²) in [5.41, 5.74) is 2.46. The standard InChI is InChI=1S/C11H20N6O/c1-3-5-14-11(18)4-6-13-9-7-10(17-12)16-8(2)15-9/h7H,3-6,12H2,1-2H3,(H,14,18)(H2,13,15,16,17). The van der Waals surface area contributed by atoms with Gasteiger partial charge in [-0.05, 0) is 13.3 Å². The molecule has 0 aliphatic rings. The lowest BCUT2D eigenvalue weighted by atomic mass is 10.3. The zero-order chi connectivity index (χ0) is 13.4. The summed E-state index contributed by atoms with van der Waals surface area (Å²) in [5, 5.41) is 5.87. The first-order valence-corrected chi connectivity index (χ1v) is 5.98. The summed E-state index contributed by atoms with van der Waals surface area (Å²) in [4.78, 5) is 19.6. The van der Waals surface area contributed by atoms with Gasteiger partial charge in [-0.2, -0.15) is 0 Å². The number of aromatic nitrogens is 2. The molecular formula is C11H20N6O. The third kappa shape index (κ3) is 4.96. The highest BCUT2D eigenvalue weighted by Crippen LogP contribution is 2.09. The molecule has 1 rings (SSSR count). The first-order chi connectivity index (χ1) is 8.65. The van der Waals surface area contributed by atoms with Crippen LogP contribution in [0, 0.1) is 6.92 Å². The van der Waals surface area contributed by atoms with Crippen molar-refractivity contribution >= 4 is 17.5 Å². The summed E-state index contributed by atoms with van der Waals surface area (Å²) in [6.07, 6.45) is 1.35. The maximum absolute atomic E-state index is 11.4. The summed E-state index contributed by atoms with van der Waals surface area (Å²) in [6, 6.07) is 1.69. The number of nitrogen functional groups attached to an aromatic ring is 1. The van der Waals surface area contributed by atoms with Gasteiger partial charge < -0.3 is 16.1 Å². The Balaban J connectivity index is 2.39. The number of nitrogens with two attached hydrogens (primary N) is 1. The molecule has 0 radical (unpaired) electrons. The first kappa shape index (κ1) is 14.2. The van der Waals surface area contributed by atoms with Crippen LogP contribution in [-0.4, -0.2) is 29.0 Å². The van der Waals surface area contributed by atoms with E-state index in [0.29, 0.717) is 37.0 Å². The molecule has 0 atom stereocenters. The van der Waals surface area contributed by atoms with Crippen LogP contribution in [0.2, 0.25) is 0 Å². The van der Waals surface area contributed by atoms with Crippen LogP contribution in [0.1, 0.15) is 25.6 Å². The summed E-state index contributed by atoms with van der Waals surface area (Å²) in [7, 11) is 0. The minimum atomic E-state index is 0.0345. The van der Waals surface area contributed by atoms with E-state index in [1.807, 2.05) is 6.92 Å². The van der Waals surface area contributed by atoms with Gasteiger partial charge in [0.25, 0.3) is 0 Å². The number of amides is 1. The predicted molar refractivity (Wildman–Crippen MR) is 71.0 cm³/mol. The van der Waals surface area contributed by atoms with Gasteiger partial charge >= 0.3 is 0 Å². The van der Waals surface area contributed by atoms with E-state index in [0.717, 1.165) is 6.42 Å². The second kappa shape index (κ2) is 7.44. The van der Waals surface area contributed by atoms with Gasteiger partial charge in [-0.25, -0.2) is 15.8 Å². The highest BCUT2D eigenvalue weighted by Gasteiger charge is 2.02. The fraction of sp³-hybridized carbons (Fsp3) is 0.545. The molecule has 7 nitrogen and oxygen atoms in total. The average Bonchev–Trinajstić information content (AvgIpc) is 2.35. The molecule has 1 heterocycles. The molecule has 0 fully saturated rings. The Morgan fingerprint density at radius 1 is 1.33 bits per heavy atom. The van der Waals surface area contributed by atoms with Crippen molar-refractivity contribution in [3.63, 3.8) is 0 Å². The number of hydrazine groups is 1. The van der Waals surface area contributed by atoms with Crippen LogP contribution in [0.15, 0.2) is 6.07 Å². The number of nitrogens with zero attached hydrogens (tertiary/aromatic N) is 2. The van der Waals surface area contributed by atoms with Gasteiger partial charge in [0.05, 0.1) is 0 Å². The second-order valence-electron chi connectivity index (χ2n) is 3.86. The van der Waals surface area contributed by atoms with Crippen molar-refractivity contribution in [3.05, 3.63) is 11.9 Å². The summed E-state index contributed by atoms with van der Waals surface area (Å²) in [6.45, 7) is 5.03. The lowest BCUT2D eigenvalue weighted by Gasteiger charge is -2.08. The number of rotatable bonds is 7. The fourth-order valence-corrected chi connectivity index (χ4v) is 1.39. The van der Waals surface area contributed by atoms with Crippen molar-refractivity contribution in [2.24, 2.45) is 5.84 Å². The zero-order valence-electron chi connectivity index (χ0n) is 10.8. The van der Waals surface area contributed by atoms with Gasteiger partial charge in [-0.1, -0.05) is 6.92 Å². The van der Waals surface area contributed by atoms with Gasteiger partial charge in [0.2, 0.25) is 5.91 Å². The minimum Gasteiger partial charge on any atom is -0.369 e. The lowest BCUT2D eigenvalue weighted by molar-refractivity contribution is -0.120. The highest BCUT2D eigenvalue weighted by atomic mass is 16.1. The summed E-state index contributed by atoms with van der Waals surface area (Å²) < 4.78 is 0. The third-order valence-corrected chi connectivity index (χ3v) is 2.22. The van der Waals surface area contributed by atoms with Crippen molar-refractivity contribution in [1.82, 2.24) is 15.3 Å². The molecule has 0 saturated heterocycles. The Morgan fingerprint density at radius 2 is 2.06 bits per heavy atom. The fourth-order valence-electron chi connectivity index (χ4n) is 1.39. The average molecular weight is 252 g/mol. The Kier molecular flexibility index (Phi) is 5.86. The molecular weight excluding hydrogens is 232 g/mol. The number of anilines is 2. The molecule has 0 spiro atoms. The normalized spacial score (nSPS) is 9.94. The molecule has 100 valence electrons. The first-order valence-electron chi connectivity index (χ1n) is 5.98. The second-order valence-corrected chi connectivity index (χ2v) is 3.86. The molecule has 1 aromatic heterocycles. The topological polar surface area (TPSA) is 105 Å². The van der Waals surface area contributed by atoms with Gasteiger partial charge in [-0.15, -0.1) is 0 Å². The van der Waals surface area contributed by atoms with Crippen LogP contribution in [0.25, 0.3) is 0 Å². The lowest BCUT2D eigenvalue weighted by Crippen LogP contribution is -2.26. The molecule has 1 amide bonds. The Bertz CT molecular complexity index is 395. The Hall–Kier alpha value is -1.89. The van der Waals surface area contributed by atoms with Crippen molar-refractivity contribution < 1.29 is 4.79 Å². The van der Waals surface area contributed by atoms with Crippen LogP contribution < -0.4 is 21.9 Å². The van der Waals surface area contributed by atoms with Crippen molar-refractivity contribution in [2.45, 2.75) is 26.7 Å². The molecule has 18 heavy (non-hydrogen) atoms. The summed E-state index contributed by atoms with van der Waals surface area (Å²) >= 11 is 0. The SMILES string of the molecule is CCCNC(=O)CCNc1cc(NN)nc(C)n1. The largest absolute Gasteiger partial charge is 0.369 e. The van der Waals surface area contributed by atoms with Gasteiger partial charge in [-0.3, -0.25) is 4.79 Å². The van der Waals surface area contributed by atoms with Crippen LogP contribution in [0.4, 0.5) is 11.6 Å². The van der Waals surface area contributed by atoms with Gasteiger partial charge in [0.1, 0.15) is 17.5 Å². The number of hydrogen-bond acceptors (Lipinski definition) is 6. The van der Waals surface area contributed by atoms with E-state index >= 15 is 0 Å². The van der Waals surface area contributed by atoms with Crippen molar-refractivity contribution in [1.29, 1.82) is 0 Å². The quantitative estimate of drug-likeness (QED) is 0.413. The number of aryl methyl sites for hydroxylation is 1. The predicted octanol–water partition coefficient (Wildman–Crippen LogP) is 0.399. The Morgan fingerprint density at radius 3 is 2.72 bits per heavy atom. The van der Waals surface area contributed by atoms with E-state index in [1.165, 1.54) is 0 Å². The Labute approximate surface area is 107 Å². The minimum absolute atomic E-state index is 0.0345. The molecule has 5 N–H and O–H groups in total. The highest BCUT2D eigenvalue weighted by molar-refractivity contribution is 5.76. The smallest absolute Gasteiger partial charge is 0.221 e. The van der Waals surface area contributed by atoms with Crippen LogP contribution >= 0.6 is 0 Å². The molecule has 0 unspecified atom stereocenters. The third-order valence-electron chi connectivity index (χ3n) is 2.22. The van der Waals surface area contributed by atoms with E-state index in [4.69, 9.17) is 5.84 Å². The van der Waals surface area contributed by atoms with Gasteiger partial charge in [0, 0.05) is 25.6 Å². The molecule has 0 saturated carbocycles. The molecule has 0 aromatic carbocycles. The molecule has 7 heteroatoms. The van der Waals surface area contributed by atoms with Crippen molar-refractivity contribution in [3.8, 4) is 0 Å². The maximum Gasteiger partial charge on any atom is 0.221 e. The van der Waals surface area contributed by atoms with Gasteiger partial charge in [0.15, 0.2) is 0 Å². The zero-order valence-corrected chi connectivity index (χ0v) is 10.8. The number of nitrogens with one attached hydrogen (secondary N) is 3. The van der Waals surface area contributed by atoms with E-state index in [1.54, 1.807) is 13.0 Å². The van der Waals surface area contributed by atoms with E-state index < -0.39 is 0 Å². The summed E-state index contributed by atoms with van der Waals surface area (Å²) in [5.74, 6) is 7.13. The molecule has 0 aliphatic heterocycles. The molecule has 0 bridgehead atoms. The number of hydrogen-bond donors (Lipinski definition) is 4. The maximum atomic E-state index is 11.4. The van der Waals surface area contributed by atoms with Crippen LogP contribution in [-0.2, 0) is 4.79 Å². The molecule has 0 aliphatic carbocycles.